The van der Waals surface area contributed by atoms with Crippen molar-refractivity contribution in [2.75, 3.05) is 6.54 Å². The lowest BCUT2D eigenvalue weighted by atomic mass is 9.72. The van der Waals surface area contributed by atoms with Crippen molar-refractivity contribution in [1.82, 2.24) is 4.81 Å². The summed E-state index contributed by atoms with van der Waals surface area (Å²) in [6, 6.07) is 6.50. The maximum absolute atomic E-state index is 6.50. The zero-order chi connectivity index (χ0) is 19.4. The van der Waals surface area contributed by atoms with Crippen LogP contribution in [0, 0.1) is 0 Å². The number of nitrogens with zero attached hydrogens (tertiary/aromatic N) is 1. The van der Waals surface area contributed by atoms with Crippen LogP contribution in [0.5, 0.6) is 5.75 Å². The molecule has 0 radical (unpaired) electrons. The van der Waals surface area contributed by atoms with E-state index in [1.54, 1.807) is 0 Å². The highest BCUT2D eigenvalue weighted by Gasteiger charge is 2.42. The summed E-state index contributed by atoms with van der Waals surface area (Å²) in [5.41, 5.74) is 2.49. The molecular weight excluding hydrogens is 336 g/mol. The molecule has 1 atom stereocenters. The van der Waals surface area contributed by atoms with Crippen molar-refractivity contribution in [3.63, 3.8) is 0 Å². The van der Waals surface area contributed by atoms with Crippen LogP contribution < -0.4 is 4.65 Å². The number of rotatable bonds is 7. The fourth-order valence-electron chi connectivity index (χ4n) is 3.99. The number of fused-ring (bicyclic) bond motifs is 1. The largest absolute Gasteiger partial charge is 0.536 e. The second-order valence-corrected chi connectivity index (χ2v) is 8.91. The van der Waals surface area contributed by atoms with Gasteiger partial charge in [-0.25, -0.2) is 0 Å². The Bertz CT molecular complexity index is 620. The van der Waals surface area contributed by atoms with Crippen LogP contribution in [0.1, 0.15) is 77.5 Å². The van der Waals surface area contributed by atoms with Gasteiger partial charge in [0.15, 0.2) is 0 Å². The smallest absolute Gasteiger partial charge is 0.525 e. The lowest BCUT2D eigenvalue weighted by Gasteiger charge is -2.34. The topological polar surface area (TPSA) is 30.9 Å². The molecule has 1 aromatic carbocycles. The van der Waals surface area contributed by atoms with Gasteiger partial charge in [0.1, 0.15) is 5.75 Å². The van der Waals surface area contributed by atoms with Crippen molar-refractivity contribution in [1.29, 1.82) is 0 Å². The third-order valence-corrected chi connectivity index (χ3v) is 5.63. The van der Waals surface area contributed by atoms with Crippen molar-refractivity contribution in [3.8, 4) is 5.75 Å². The van der Waals surface area contributed by atoms with Crippen molar-refractivity contribution >= 4 is 14.2 Å². The summed E-state index contributed by atoms with van der Waals surface area (Å²) in [4.78, 5) is 2.51. The first kappa shape index (κ1) is 20.8. The Balaban J connectivity index is 1.70. The standard InChI is InChI=1S/C21H35B2NO3/c1-6-8-12-22-24(21(3,4)5)15-20(26-22)17-10-11-19-18(14-17)16-25-23(27-19)13-9-7-2/h10-11,14,20H,6-9,12-13,15-16H2,1-5H3. The van der Waals surface area contributed by atoms with Crippen LogP contribution in [-0.2, 0) is 15.9 Å². The quantitative estimate of drug-likeness (QED) is 0.605. The lowest BCUT2D eigenvalue weighted by Crippen LogP contribution is -2.47. The van der Waals surface area contributed by atoms with Crippen LogP contribution in [-0.4, -0.2) is 31.1 Å². The Morgan fingerprint density at radius 1 is 1.11 bits per heavy atom. The predicted molar refractivity (Wildman–Crippen MR) is 113 cm³/mol. The van der Waals surface area contributed by atoms with E-state index in [0.717, 1.165) is 43.3 Å². The van der Waals surface area contributed by atoms with E-state index in [2.05, 4.69) is 57.6 Å². The first-order valence-electron chi connectivity index (χ1n) is 10.8. The summed E-state index contributed by atoms with van der Waals surface area (Å²) < 4.78 is 18.4. The molecule has 0 saturated carbocycles. The number of unbranched alkanes of at least 4 members (excludes halogenated alkanes) is 2. The first-order valence-corrected chi connectivity index (χ1v) is 10.8. The molecule has 2 aliphatic heterocycles. The van der Waals surface area contributed by atoms with Gasteiger partial charge in [0, 0.05) is 17.6 Å². The summed E-state index contributed by atoms with van der Waals surface area (Å²) in [6.07, 6.45) is 6.88. The van der Waals surface area contributed by atoms with Gasteiger partial charge in [-0.2, -0.15) is 0 Å². The summed E-state index contributed by atoms with van der Waals surface area (Å²) in [5, 5.41) is 0. The average Bonchev–Trinajstić information content (AvgIpc) is 3.09. The molecule has 4 nitrogen and oxygen atoms in total. The Hall–Kier alpha value is -0.970. The molecule has 1 unspecified atom stereocenters. The van der Waals surface area contributed by atoms with Gasteiger partial charge in [-0.05, 0) is 51.1 Å². The van der Waals surface area contributed by atoms with E-state index >= 15 is 0 Å². The van der Waals surface area contributed by atoms with Crippen molar-refractivity contribution in [2.45, 2.75) is 91.2 Å². The molecule has 1 aromatic rings. The van der Waals surface area contributed by atoms with Crippen molar-refractivity contribution in [3.05, 3.63) is 29.3 Å². The van der Waals surface area contributed by atoms with Gasteiger partial charge in [-0.15, -0.1) is 0 Å². The zero-order valence-corrected chi connectivity index (χ0v) is 17.8. The number of benzene rings is 1. The fraction of sp³-hybridized carbons (Fsp3) is 0.714. The number of hydrogen-bond acceptors (Lipinski definition) is 4. The second kappa shape index (κ2) is 9.02. The molecular formula is C21H35B2NO3. The maximum atomic E-state index is 6.50. The third-order valence-electron chi connectivity index (χ3n) is 5.63. The molecule has 0 aromatic heterocycles. The molecule has 1 fully saturated rings. The van der Waals surface area contributed by atoms with Crippen LogP contribution in [0.4, 0.5) is 0 Å². The van der Waals surface area contributed by atoms with E-state index in [1.807, 2.05) is 0 Å². The van der Waals surface area contributed by atoms with Gasteiger partial charge in [-0.1, -0.05) is 45.6 Å². The van der Waals surface area contributed by atoms with Gasteiger partial charge in [-0.3, -0.25) is 0 Å². The molecule has 0 bridgehead atoms. The molecule has 148 valence electrons. The van der Waals surface area contributed by atoms with Crippen molar-refractivity contribution in [2.24, 2.45) is 0 Å². The minimum Gasteiger partial charge on any atom is -0.536 e. The monoisotopic (exact) mass is 371 g/mol. The molecule has 2 heterocycles. The summed E-state index contributed by atoms with van der Waals surface area (Å²) in [6.45, 7) is 12.8. The van der Waals surface area contributed by atoms with Gasteiger partial charge in [0.05, 0.1) is 12.7 Å². The van der Waals surface area contributed by atoms with Crippen LogP contribution in [0.3, 0.4) is 0 Å². The zero-order valence-electron chi connectivity index (χ0n) is 17.8. The van der Waals surface area contributed by atoms with Gasteiger partial charge >= 0.3 is 14.2 Å². The van der Waals surface area contributed by atoms with E-state index < -0.39 is 0 Å². The molecule has 6 heteroatoms. The third kappa shape index (κ3) is 5.10. The molecule has 2 aliphatic rings. The Labute approximate surface area is 166 Å². The maximum Gasteiger partial charge on any atom is 0.525 e. The van der Waals surface area contributed by atoms with E-state index in [4.69, 9.17) is 14.0 Å². The highest BCUT2D eigenvalue weighted by Crippen LogP contribution is 2.36. The minimum atomic E-state index is -0.0964. The Morgan fingerprint density at radius 2 is 1.85 bits per heavy atom. The summed E-state index contributed by atoms with van der Waals surface area (Å²) in [5.74, 6) is 0.972. The van der Waals surface area contributed by atoms with Gasteiger partial charge in [0.2, 0.25) is 0 Å². The molecule has 0 aliphatic carbocycles. The van der Waals surface area contributed by atoms with Gasteiger partial charge < -0.3 is 18.8 Å². The van der Waals surface area contributed by atoms with Crippen LogP contribution in [0.25, 0.3) is 0 Å². The minimum absolute atomic E-state index is 0.0964. The van der Waals surface area contributed by atoms with Crippen LogP contribution in [0.15, 0.2) is 18.2 Å². The van der Waals surface area contributed by atoms with Crippen molar-refractivity contribution < 1.29 is 14.0 Å². The van der Waals surface area contributed by atoms with E-state index in [0.29, 0.717) is 6.61 Å². The fourth-order valence-corrected chi connectivity index (χ4v) is 3.99. The van der Waals surface area contributed by atoms with E-state index in [9.17, 15) is 0 Å². The molecule has 0 N–H and O–H groups in total. The SMILES string of the molecule is CCCCB1OCc2cc(C3CN(C(C)(C)C)B(CCCC)O3)ccc2O1. The van der Waals surface area contributed by atoms with Gasteiger partial charge in [0.25, 0.3) is 0 Å². The van der Waals surface area contributed by atoms with E-state index in [1.165, 1.54) is 18.4 Å². The molecule has 0 spiro atoms. The van der Waals surface area contributed by atoms with Crippen LogP contribution in [0.2, 0.25) is 12.6 Å². The summed E-state index contributed by atoms with van der Waals surface area (Å²) >= 11 is 0. The molecule has 1 saturated heterocycles. The number of hydrogen-bond donors (Lipinski definition) is 0. The normalized spacial score (nSPS) is 20.7. The molecule has 0 amide bonds. The molecule has 27 heavy (non-hydrogen) atoms. The Kier molecular flexibility index (Phi) is 6.93. The Morgan fingerprint density at radius 3 is 2.56 bits per heavy atom. The lowest BCUT2D eigenvalue weighted by molar-refractivity contribution is 0.220. The average molecular weight is 371 g/mol. The predicted octanol–water partition coefficient (Wildman–Crippen LogP) is 5.34. The molecule has 3 rings (SSSR count). The first-order chi connectivity index (χ1) is 12.9. The highest BCUT2D eigenvalue weighted by atomic mass is 16.6. The highest BCUT2D eigenvalue weighted by molar-refractivity contribution is 6.49. The summed E-state index contributed by atoms with van der Waals surface area (Å²) in [7, 11) is 0.109. The second-order valence-electron chi connectivity index (χ2n) is 8.91. The van der Waals surface area contributed by atoms with E-state index in [-0.39, 0.29) is 25.8 Å². The van der Waals surface area contributed by atoms with Crippen LogP contribution >= 0.6 is 0 Å².